The summed E-state index contributed by atoms with van der Waals surface area (Å²) in [6.45, 7) is 0.601. The minimum absolute atomic E-state index is 0.136. The van der Waals surface area contributed by atoms with Crippen molar-refractivity contribution < 1.29 is 31.6 Å². The maximum Gasteiger partial charge on any atom is 0.325 e. The molecule has 2 aromatic carbocycles. The zero-order valence-corrected chi connectivity index (χ0v) is 17.7. The van der Waals surface area contributed by atoms with Gasteiger partial charge in [0, 0.05) is 18.2 Å². The van der Waals surface area contributed by atoms with E-state index in [1.807, 2.05) is 0 Å². The molecular weight excluding hydrogens is 432 g/mol. The van der Waals surface area contributed by atoms with Gasteiger partial charge in [-0.1, -0.05) is 0 Å². The lowest BCUT2D eigenvalue weighted by atomic mass is 9.91. The summed E-state index contributed by atoms with van der Waals surface area (Å²) in [7, 11) is -2.13. The van der Waals surface area contributed by atoms with Gasteiger partial charge < -0.3 is 5.32 Å². The molecule has 1 aliphatic rings. The van der Waals surface area contributed by atoms with Gasteiger partial charge in [-0.2, -0.15) is 0 Å². The number of nitrogens with one attached hydrogen (secondary N) is 1. The Morgan fingerprint density at radius 2 is 1.74 bits per heavy atom. The molecule has 3 rings (SSSR count). The summed E-state index contributed by atoms with van der Waals surface area (Å²) in [5, 5.41) is 2.32. The summed E-state index contributed by atoms with van der Waals surface area (Å²) < 4.78 is 52.0. The van der Waals surface area contributed by atoms with Crippen LogP contribution in [0.15, 0.2) is 42.5 Å². The molecule has 0 aromatic heterocycles. The maximum absolute atomic E-state index is 14.2. The van der Waals surface area contributed by atoms with Crippen LogP contribution in [0.1, 0.15) is 22.8 Å². The summed E-state index contributed by atoms with van der Waals surface area (Å²) in [4.78, 5) is 38.4. The van der Waals surface area contributed by atoms with Crippen molar-refractivity contribution in [1.29, 1.82) is 0 Å². The molecule has 164 valence electrons. The first kappa shape index (κ1) is 22.3. The lowest BCUT2D eigenvalue weighted by Crippen LogP contribution is -2.42. The number of hydrogen-bond donors (Lipinski definition) is 1. The average molecular weight is 451 g/mol. The van der Waals surface area contributed by atoms with Gasteiger partial charge in [0.1, 0.15) is 17.2 Å². The number of amides is 3. The number of hydrogen-bond acceptors (Lipinski definition) is 5. The van der Waals surface area contributed by atoms with E-state index in [0.717, 1.165) is 28.8 Å². The summed E-state index contributed by atoms with van der Waals surface area (Å²) in [5.74, 6) is -3.16. The summed E-state index contributed by atoms with van der Waals surface area (Å²) in [6, 6.07) is 7.17. The molecule has 3 amide bonds. The van der Waals surface area contributed by atoms with Gasteiger partial charge in [0.15, 0.2) is 5.78 Å². The zero-order chi connectivity index (χ0) is 23.1. The molecule has 0 spiro atoms. The second-order valence-electron chi connectivity index (χ2n) is 7.27. The Bertz CT molecular complexity index is 1180. The number of carbonyl (C=O) groups is 3. The van der Waals surface area contributed by atoms with Crippen molar-refractivity contribution in [1.82, 2.24) is 10.2 Å². The summed E-state index contributed by atoms with van der Waals surface area (Å²) in [5.41, 5.74) is -1.76. The number of sulfonamides is 1. The normalized spacial score (nSPS) is 18.8. The molecule has 11 heteroatoms. The quantitative estimate of drug-likeness (QED) is 0.535. The van der Waals surface area contributed by atoms with E-state index in [4.69, 9.17) is 0 Å². The first-order valence-electron chi connectivity index (χ1n) is 9.01. The van der Waals surface area contributed by atoms with Gasteiger partial charge in [-0.25, -0.2) is 22.0 Å². The van der Waals surface area contributed by atoms with E-state index in [2.05, 4.69) is 5.32 Å². The number of urea groups is 1. The maximum atomic E-state index is 14.2. The van der Waals surface area contributed by atoms with E-state index >= 15 is 0 Å². The monoisotopic (exact) mass is 451 g/mol. The predicted molar refractivity (Wildman–Crippen MR) is 108 cm³/mol. The molecule has 1 fully saturated rings. The van der Waals surface area contributed by atoms with Crippen molar-refractivity contribution in [3.05, 3.63) is 65.2 Å². The number of ketones is 1. The number of Topliss-reactive ketones (excluding diaryl/α,β-unsaturated/α-hetero) is 1. The fraction of sp³-hybridized carbons (Fsp3) is 0.250. The van der Waals surface area contributed by atoms with Crippen LogP contribution in [-0.4, -0.2) is 50.9 Å². The largest absolute Gasteiger partial charge is 0.325 e. The molecule has 1 saturated heterocycles. The molecule has 1 N–H and O–H groups in total. The zero-order valence-electron chi connectivity index (χ0n) is 16.8. The van der Waals surface area contributed by atoms with Crippen molar-refractivity contribution in [3.8, 4) is 0 Å². The van der Waals surface area contributed by atoms with Gasteiger partial charge >= 0.3 is 6.03 Å². The lowest BCUT2D eigenvalue weighted by molar-refractivity contribution is -0.130. The summed E-state index contributed by atoms with van der Waals surface area (Å²) >= 11 is 0. The highest BCUT2D eigenvalue weighted by Gasteiger charge is 2.50. The molecule has 0 unspecified atom stereocenters. The van der Waals surface area contributed by atoms with Crippen LogP contribution in [0.5, 0.6) is 0 Å². The third-order valence-corrected chi connectivity index (χ3v) is 6.30. The Balaban J connectivity index is 1.81. The van der Waals surface area contributed by atoms with E-state index in [-0.39, 0.29) is 11.1 Å². The number of halogens is 2. The number of anilines is 1. The SMILES string of the molecule is CN(c1ccc(C(=O)CN2C(=O)N[C@@](C)(c3cc(F)ccc3F)C2=O)cc1)S(C)(=O)=O. The molecule has 0 saturated carbocycles. The van der Waals surface area contributed by atoms with Crippen LogP contribution in [0.2, 0.25) is 0 Å². The lowest BCUT2D eigenvalue weighted by Gasteiger charge is -2.22. The van der Waals surface area contributed by atoms with Crippen molar-refractivity contribution >= 4 is 33.4 Å². The fourth-order valence-electron chi connectivity index (χ4n) is 3.19. The fourth-order valence-corrected chi connectivity index (χ4v) is 3.69. The van der Waals surface area contributed by atoms with Gasteiger partial charge in [-0.05, 0) is 49.4 Å². The smallest absolute Gasteiger partial charge is 0.319 e. The molecule has 0 radical (unpaired) electrons. The summed E-state index contributed by atoms with van der Waals surface area (Å²) in [6.07, 6.45) is 1.03. The second-order valence-corrected chi connectivity index (χ2v) is 9.28. The van der Waals surface area contributed by atoms with Crippen LogP contribution >= 0.6 is 0 Å². The van der Waals surface area contributed by atoms with Crippen LogP contribution in [0, 0.1) is 11.6 Å². The molecule has 1 heterocycles. The van der Waals surface area contributed by atoms with Crippen LogP contribution < -0.4 is 9.62 Å². The van der Waals surface area contributed by atoms with E-state index in [0.29, 0.717) is 10.6 Å². The van der Waals surface area contributed by atoms with Crippen LogP contribution in [-0.2, 0) is 20.4 Å². The van der Waals surface area contributed by atoms with Crippen molar-refractivity contribution in [2.75, 3.05) is 24.2 Å². The standard InChI is InChI=1S/C20H19F2N3O5S/c1-20(15-10-13(21)6-9-16(15)22)18(27)25(19(28)23-20)11-17(26)12-4-7-14(8-5-12)24(2)31(3,29)30/h4-10H,11H2,1-3H3,(H,23,28)/t20-/m0/s1. The highest BCUT2D eigenvalue weighted by molar-refractivity contribution is 7.92. The van der Waals surface area contributed by atoms with E-state index in [1.165, 1.54) is 38.2 Å². The van der Waals surface area contributed by atoms with Gasteiger partial charge in [-0.15, -0.1) is 0 Å². The molecule has 8 nitrogen and oxygen atoms in total. The van der Waals surface area contributed by atoms with Crippen LogP contribution in [0.4, 0.5) is 19.3 Å². The highest BCUT2D eigenvalue weighted by atomic mass is 32.2. The molecular formula is C20H19F2N3O5S. The molecule has 2 aromatic rings. The van der Waals surface area contributed by atoms with Crippen molar-refractivity contribution in [2.24, 2.45) is 0 Å². The van der Waals surface area contributed by atoms with Gasteiger partial charge in [0.05, 0.1) is 18.5 Å². The Morgan fingerprint density at radius 1 is 1.13 bits per heavy atom. The van der Waals surface area contributed by atoms with Gasteiger partial charge in [-0.3, -0.25) is 18.8 Å². The second kappa shape index (κ2) is 7.73. The third-order valence-electron chi connectivity index (χ3n) is 5.09. The van der Waals surface area contributed by atoms with Crippen molar-refractivity contribution in [3.63, 3.8) is 0 Å². The van der Waals surface area contributed by atoms with Crippen LogP contribution in [0.25, 0.3) is 0 Å². The minimum atomic E-state index is -3.48. The molecule has 0 aliphatic carbocycles. The number of imide groups is 1. The van der Waals surface area contributed by atoms with Crippen LogP contribution in [0.3, 0.4) is 0 Å². The van der Waals surface area contributed by atoms with E-state index in [1.54, 1.807) is 0 Å². The van der Waals surface area contributed by atoms with Gasteiger partial charge in [0.2, 0.25) is 10.0 Å². The Kier molecular flexibility index (Phi) is 5.57. The minimum Gasteiger partial charge on any atom is -0.319 e. The Hall–Kier alpha value is -3.34. The molecule has 0 bridgehead atoms. The first-order chi connectivity index (χ1) is 14.3. The predicted octanol–water partition coefficient (Wildman–Crippen LogP) is 2.01. The average Bonchev–Trinajstić information content (AvgIpc) is 2.92. The topological polar surface area (TPSA) is 104 Å². The molecule has 31 heavy (non-hydrogen) atoms. The third kappa shape index (κ3) is 4.13. The van der Waals surface area contributed by atoms with E-state index < -0.39 is 51.5 Å². The van der Waals surface area contributed by atoms with Crippen molar-refractivity contribution in [2.45, 2.75) is 12.5 Å². The number of carbonyl (C=O) groups excluding carboxylic acids is 3. The number of nitrogens with zero attached hydrogens (tertiary/aromatic N) is 2. The number of rotatable bonds is 6. The Morgan fingerprint density at radius 3 is 2.32 bits per heavy atom. The number of benzene rings is 2. The first-order valence-corrected chi connectivity index (χ1v) is 10.9. The van der Waals surface area contributed by atoms with E-state index in [9.17, 15) is 31.6 Å². The highest BCUT2D eigenvalue weighted by Crippen LogP contribution is 2.31. The molecule has 1 atom stereocenters. The Labute approximate surface area is 177 Å². The van der Waals surface area contributed by atoms with Gasteiger partial charge in [0.25, 0.3) is 5.91 Å². The molecule has 1 aliphatic heterocycles.